The Kier molecular flexibility index (Phi) is 5.49. The highest BCUT2D eigenvalue weighted by atomic mass is 16.5. The van der Waals surface area contributed by atoms with Gasteiger partial charge in [-0.2, -0.15) is 5.10 Å². The third-order valence-electron chi connectivity index (χ3n) is 4.13. The van der Waals surface area contributed by atoms with Gasteiger partial charge in [0.05, 0.1) is 13.5 Å². The van der Waals surface area contributed by atoms with Crippen molar-refractivity contribution in [2.45, 2.75) is 38.1 Å². The summed E-state index contributed by atoms with van der Waals surface area (Å²) in [5.41, 5.74) is 1.18. The summed E-state index contributed by atoms with van der Waals surface area (Å²) >= 11 is 0. The van der Waals surface area contributed by atoms with Crippen LogP contribution >= 0.6 is 0 Å². The molecule has 0 bridgehead atoms. The number of hydrogen-bond donors (Lipinski definition) is 3. The first-order valence-electron chi connectivity index (χ1n) is 8.67. The first kappa shape index (κ1) is 18.6. The summed E-state index contributed by atoms with van der Waals surface area (Å²) in [5.74, 6) is -0.233. The standard InChI is InChI=1S/C18H21N5O4/c1-10(8-14(24)27-2)19-17(25)18(26)20-13-5-3-4-12(9-13)16-21-15(22-23-16)11-6-7-11/h3-5,9-11H,6-8H2,1-2H3,(H,19,25)(H,20,26)(H,21,22,23)/t10-/m0/s1. The zero-order valence-electron chi connectivity index (χ0n) is 15.1. The normalized spacial score (nSPS) is 14.3. The summed E-state index contributed by atoms with van der Waals surface area (Å²) in [5, 5.41) is 12.1. The van der Waals surface area contributed by atoms with Crippen LogP contribution < -0.4 is 10.6 Å². The number of carbonyl (C=O) groups is 3. The van der Waals surface area contributed by atoms with Crippen LogP contribution in [0, 0.1) is 0 Å². The molecule has 3 N–H and O–H groups in total. The van der Waals surface area contributed by atoms with E-state index in [9.17, 15) is 14.4 Å². The van der Waals surface area contributed by atoms with Crippen molar-refractivity contribution in [3.05, 3.63) is 30.1 Å². The van der Waals surface area contributed by atoms with Crippen LogP contribution in [0.1, 0.15) is 37.9 Å². The Bertz CT molecular complexity index is 859. The Balaban J connectivity index is 1.60. The van der Waals surface area contributed by atoms with Crippen molar-refractivity contribution in [3.8, 4) is 11.4 Å². The van der Waals surface area contributed by atoms with Crippen molar-refractivity contribution in [1.29, 1.82) is 0 Å². The molecule has 0 radical (unpaired) electrons. The lowest BCUT2D eigenvalue weighted by Crippen LogP contribution is -2.41. The predicted molar refractivity (Wildman–Crippen MR) is 96.7 cm³/mol. The van der Waals surface area contributed by atoms with Gasteiger partial charge < -0.3 is 15.4 Å². The highest BCUT2D eigenvalue weighted by Crippen LogP contribution is 2.38. The SMILES string of the molecule is COC(=O)C[C@H](C)NC(=O)C(=O)Nc1cccc(-c2n[nH]c(C3CC3)n2)c1. The molecule has 0 aliphatic heterocycles. The number of rotatable bonds is 6. The number of benzene rings is 1. The van der Waals surface area contributed by atoms with E-state index in [0.717, 1.165) is 24.2 Å². The number of carbonyl (C=O) groups excluding carboxylic acids is 3. The van der Waals surface area contributed by atoms with Crippen LogP contribution in [0.5, 0.6) is 0 Å². The van der Waals surface area contributed by atoms with Gasteiger partial charge in [0.15, 0.2) is 5.82 Å². The molecule has 1 atom stereocenters. The summed E-state index contributed by atoms with van der Waals surface area (Å²) in [4.78, 5) is 39.7. The molecular formula is C18H21N5O4. The average molecular weight is 371 g/mol. The Morgan fingerprint density at radius 2 is 2.07 bits per heavy atom. The molecule has 142 valence electrons. The third-order valence-corrected chi connectivity index (χ3v) is 4.13. The van der Waals surface area contributed by atoms with E-state index in [2.05, 4.69) is 30.6 Å². The number of ether oxygens (including phenoxy) is 1. The van der Waals surface area contributed by atoms with E-state index in [4.69, 9.17) is 0 Å². The molecule has 1 saturated carbocycles. The predicted octanol–water partition coefficient (Wildman–Crippen LogP) is 1.36. The lowest BCUT2D eigenvalue weighted by atomic mass is 10.2. The van der Waals surface area contributed by atoms with Gasteiger partial charge in [-0.05, 0) is 31.9 Å². The van der Waals surface area contributed by atoms with Gasteiger partial charge in [-0.3, -0.25) is 19.5 Å². The largest absolute Gasteiger partial charge is 0.469 e. The second-order valence-electron chi connectivity index (χ2n) is 6.51. The quantitative estimate of drug-likeness (QED) is 0.520. The van der Waals surface area contributed by atoms with Crippen LogP contribution in [0.25, 0.3) is 11.4 Å². The molecular weight excluding hydrogens is 350 g/mol. The van der Waals surface area contributed by atoms with Crippen LogP contribution in [0.2, 0.25) is 0 Å². The number of aromatic amines is 1. The fraction of sp³-hybridized carbons (Fsp3) is 0.389. The molecule has 0 spiro atoms. The van der Waals surface area contributed by atoms with E-state index in [1.807, 2.05) is 6.07 Å². The Labute approximate surface area is 155 Å². The molecule has 1 aliphatic carbocycles. The van der Waals surface area contributed by atoms with Gasteiger partial charge in [-0.15, -0.1) is 0 Å². The molecule has 9 heteroatoms. The number of H-pyrrole nitrogens is 1. The van der Waals surface area contributed by atoms with Crippen molar-refractivity contribution in [3.63, 3.8) is 0 Å². The Hall–Kier alpha value is -3.23. The zero-order chi connectivity index (χ0) is 19.4. The summed E-state index contributed by atoms with van der Waals surface area (Å²) < 4.78 is 4.53. The van der Waals surface area contributed by atoms with E-state index >= 15 is 0 Å². The number of aromatic nitrogens is 3. The number of esters is 1. The number of methoxy groups -OCH3 is 1. The van der Waals surface area contributed by atoms with Crippen LogP contribution in [0.3, 0.4) is 0 Å². The maximum atomic E-state index is 12.1. The average Bonchev–Trinajstić information content (AvgIpc) is 3.38. The highest BCUT2D eigenvalue weighted by molar-refractivity contribution is 6.39. The zero-order valence-corrected chi connectivity index (χ0v) is 15.1. The summed E-state index contributed by atoms with van der Waals surface area (Å²) in [7, 11) is 1.26. The van der Waals surface area contributed by atoms with Gasteiger partial charge in [0.2, 0.25) is 0 Å². The molecule has 0 saturated heterocycles. The van der Waals surface area contributed by atoms with Crippen molar-refractivity contribution in [2.75, 3.05) is 12.4 Å². The van der Waals surface area contributed by atoms with E-state index in [1.54, 1.807) is 25.1 Å². The number of hydrogen-bond acceptors (Lipinski definition) is 6. The van der Waals surface area contributed by atoms with E-state index < -0.39 is 23.8 Å². The highest BCUT2D eigenvalue weighted by Gasteiger charge is 2.27. The fourth-order valence-corrected chi connectivity index (χ4v) is 2.54. The molecule has 1 aromatic heterocycles. The Morgan fingerprint density at radius 1 is 1.30 bits per heavy atom. The van der Waals surface area contributed by atoms with Crippen molar-refractivity contribution < 1.29 is 19.1 Å². The van der Waals surface area contributed by atoms with E-state index in [1.165, 1.54) is 7.11 Å². The number of nitrogens with one attached hydrogen (secondary N) is 3. The minimum atomic E-state index is -0.828. The summed E-state index contributed by atoms with van der Waals surface area (Å²) in [6.45, 7) is 1.61. The van der Waals surface area contributed by atoms with Crippen LogP contribution in [-0.4, -0.2) is 46.1 Å². The Morgan fingerprint density at radius 3 is 2.78 bits per heavy atom. The lowest BCUT2D eigenvalue weighted by molar-refractivity contribution is -0.142. The van der Waals surface area contributed by atoms with Crippen molar-refractivity contribution >= 4 is 23.5 Å². The molecule has 2 aromatic rings. The summed E-state index contributed by atoms with van der Waals surface area (Å²) in [6, 6.07) is 6.42. The number of nitrogens with zero attached hydrogens (tertiary/aromatic N) is 2. The molecule has 1 aromatic carbocycles. The first-order valence-corrected chi connectivity index (χ1v) is 8.67. The van der Waals surface area contributed by atoms with Gasteiger partial charge in [-0.1, -0.05) is 12.1 Å². The van der Waals surface area contributed by atoms with Gasteiger partial charge in [0, 0.05) is 23.2 Å². The first-order chi connectivity index (χ1) is 13.0. The molecule has 27 heavy (non-hydrogen) atoms. The fourth-order valence-electron chi connectivity index (χ4n) is 2.54. The maximum absolute atomic E-state index is 12.1. The number of amides is 2. The van der Waals surface area contributed by atoms with Gasteiger partial charge in [0.1, 0.15) is 5.82 Å². The smallest absolute Gasteiger partial charge is 0.313 e. The second kappa shape index (κ2) is 7.98. The van der Waals surface area contributed by atoms with Crippen molar-refractivity contribution in [1.82, 2.24) is 20.5 Å². The molecule has 0 unspecified atom stereocenters. The lowest BCUT2D eigenvalue weighted by Gasteiger charge is -2.12. The molecule has 9 nitrogen and oxygen atoms in total. The van der Waals surface area contributed by atoms with Gasteiger partial charge in [0.25, 0.3) is 0 Å². The molecule has 3 rings (SSSR count). The maximum Gasteiger partial charge on any atom is 0.313 e. The molecule has 1 fully saturated rings. The molecule has 1 heterocycles. The van der Waals surface area contributed by atoms with Crippen LogP contribution in [0.4, 0.5) is 5.69 Å². The minimum absolute atomic E-state index is 0.0147. The monoisotopic (exact) mass is 371 g/mol. The van der Waals surface area contributed by atoms with E-state index in [0.29, 0.717) is 17.4 Å². The molecule has 1 aliphatic rings. The summed E-state index contributed by atoms with van der Waals surface area (Å²) in [6.07, 6.45) is 2.22. The van der Waals surface area contributed by atoms with Gasteiger partial charge >= 0.3 is 17.8 Å². The minimum Gasteiger partial charge on any atom is -0.469 e. The van der Waals surface area contributed by atoms with Gasteiger partial charge in [-0.25, -0.2) is 4.98 Å². The topological polar surface area (TPSA) is 126 Å². The molecule has 2 amide bonds. The second-order valence-corrected chi connectivity index (χ2v) is 6.51. The van der Waals surface area contributed by atoms with Crippen molar-refractivity contribution in [2.24, 2.45) is 0 Å². The van der Waals surface area contributed by atoms with Crippen LogP contribution in [0.15, 0.2) is 24.3 Å². The van der Waals surface area contributed by atoms with Crippen LogP contribution in [-0.2, 0) is 19.1 Å². The third kappa shape index (κ3) is 4.90. The number of anilines is 1. The van der Waals surface area contributed by atoms with E-state index in [-0.39, 0.29) is 6.42 Å².